The maximum atomic E-state index is 14.3. The first-order valence-electron chi connectivity index (χ1n) is 11.4. The number of ether oxygens (including phenoxy) is 1. The van der Waals surface area contributed by atoms with Gasteiger partial charge >= 0.3 is 18.2 Å². The lowest BCUT2D eigenvalue weighted by Gasteiger charge is -2.32. The van der Waals surface area contributed by atoms with Gasteiger partial charge in [-0.05, 0) is 44.9 Å². The molecule has 1 aromatic carbocycles. The van der Waals surface area contributed by atoms with Crippen LogP contribution in [0.4, 0.5) is 31.1 Å². The van der Waals surface area contributed by atoms with Crippen molar-refractivity contribution in [3.8, 4) is 0 Å². The minimum Gasteiger partial charge on any atom is -0.478 e. The van der Waals surface area contributed by atoms with Crippen LogP contribution in [0.25, 0.3) is 0 Å². The van der Waals surface area contributed by atoms with E-state index in [1.54, 1.807) is 20.8 Å². The van der Waals surface area contributed by atoms with Gasteiger partial charge in [-0.2, -0.15) is 13.2 Å². The minimum absolute atomic E-state index is 0.207. The molecule has 0 aliphatic carbocycles. The van der Waals surface area contributed by atoms with E-state index in [1.807, 2.05) is 0 Å². The first-order chi connectivity index (χ1) is 17.5. The van der Waals surface area contributed by atoms with Crippen molar-refractivity contribution in [2.45, 2.75) is 64.5 Å². The maximum absolute atomic E-state index is 14.3. The highest BCUT2D eigenvalue weighted by molar-refractivity contribution is 5.90. The zero-order valence-electron chi connectivity index (χ0n) is 20.6. The molecule has 0 bridgehead atoms. The SMILES string of the molecule is CC(C)(C)OC(=O)N[C@@H](CC(=O)N1CCn2c(C(F)(F)F)cc(C(=O)O)c2C1)Cc1cc(F)c(F)cc1F. The Hall–Kier alpha value is -3.71. The van der Waals surface area contributed by atoms with Crippen molar-refractivity contribution < 1.29 is 50.6 Å². The summed E-state index contributed by atoms with van der Waals surface area (Å²) >= 11 is 0. The summed E-state index contributed by atoms with van der Waals surface area (Å²) in [6.07, 6.45) is -6.76. The number of carbonyl (C=O) groups excluding carboxylic acids is 2. The average molecular weight is 549 g/mol. The van der Waals surface area contributed by atoms with Gasteiger partial charge in [-0.3, -0.25) is 4.79 Å². The fourth-order valence-electron chi connectivity index (χ4n) is 4.10. The molecule has 1 atom stereocenters. The third kappa shape index (κ3) is 6.78. The zero-order chi connectivity index (χ0) is 28.6. The number of carboxylic acids is 1. The number of rotatable bonds is 6. The van der Waals surface area contributed by atoms with Gasteiger partial charge in [0.15, 0.2) is 11.6 Å². The van der Waals surface area contributed by atoms with Gasteiger partial charge in [-0.1, -0.05) is 0 Å². The van der Waals surface area contributed by atoms with Gasteiger partial charge < -0.3 is 24.6 Å². The molecule has 0 spiro atoms. The molecule has 8 nitrogen and oxygen atoms in total. The fraction of sp³-hybridized carbons (Fsp3) is 0.458. The van der Waals surface area contributed by atoms with Crippen LogP contribution in [0.5, 0.6) is 0 Å². The number of benzene rings is 1. The van der Waals surface area contributed by atoms with Gasteiger partial charge in [-0.25, -0.2) is 22.8 Å². The molecule has 38 heavy (non-hydrogen) atoms. The summed E-state index contributed by atoms with van der Waals surface area (Å²) in [7, 11) is 0. The van der Waals surface area contributed by atoms with Crippen molar-refractivity contribution in [3.05, 3.63) is 58.2 Å². The monoisotopic (exact) mass is 549 g/mol. The molecular weight excluding hydrogens is 524 g/mol. The van der Waals surface area contributed by atoms with E-state index in [0.29, 0.717) is 18.2 Å². The van der Waals surface area contributed by atoms with E-state index >= 15 is 0 Å². The number of hydrogen-bond acceptors (Lipinski definition) is 4. The topological polar surface area (TPSA) is 101 Å². The van der Waals surface area contributed by atoms with E-state index in [0.717, 1.165) is 9.47 Å². The Morgan fingerprint density at radius 3 is 2.24 bits per heavy atom. The Labute approximate surface area is 213 Å². The predicted octanol–water partition coefficient (Wildman–Crippen LogP) is 4.49. The molecule has 3 rings (SSSR count). The van der Waals surface area contributed by atoms with Crippen molar-refractivity contribution in [1.29, 1.82) is 0 Å². The van der Waals surface area contributed by atoms with Crippen molar-refractivity contribution in [1.82, 2.24) is 14.8 Å². The Bertz CT molecular complexity index is 1250. The van der Waals surface area contributed by atoms with E-state index in [4.69, 9.17) is 4.74 Å². The van der Waals surface area contributed by atoms with Crippen LogP contribution in [0.3, 0.4) is 0 Å². The molecule has 0 saturated heterocycles. The molecule has 14 heteroatoms. The molecule has 1 aliphatic rings. The van der Waals surface area contributed by atoms with Gasteiger partial charge in [0, 0.05) is 31.6 Å². The highest BCUT2D eigenvalue weighted by atomic mass is 19.4. The van der Waals surface area contributed by atoms with E-state index < -0.39 is 83.9 Å². The largest absolute Gasteiger partial charge is 0.478 e. The van der Waals surface area contributed by atoms with Crippen LogP contribution < -0.4 is 5.32 Å². The summed E-state index contributed by atoms with van der Waals surface area (Å²) in [5.74, 6) is -6.19. The Balaban J connectivity index is 1.84. The fourth-order valence-corrected chi connectivity index (χ4v) is 4.10. The van der Waals surface area contributed by atoms with Crippen molar-refractivity contribution in [2.75, 3.05) is 6.54 Å². The molecule has 2 N–H and O–H groups in total. The number of amides is 2. The van der Waals surface area contributed by atoms with E-state index in [1.165, 1.54) is 0 Å². The number of carbonyl (C=O) groups is 3. The third-order valence-electron chi connectivity index (χ3n) is 5.71. The number of halogens is 6. The van der Waals surface area contributed by atoms with Crippen LogP contribution >= 0.6 is 0 Å². The van der Waals surface area contributed by atoms with Gasteiger partial charge in [0.1, 0.15) is 17.1 Å². The minimum atomic E-state index is -4.81. The number of aromatic nitrogens is 1. The van der Waals surface area contributed by atoms with E-state index in [2.05, 4.69) is 5.32 Å². The number of hydrogen-bond donors (Lipinski definition) is 2. The zero-order valence-corrected chi connectivity index (χ0v) is 20.6. The molecule has 2 aromatic rings. The third-order valence-corrected chi connectivity index (χ3v) is 5.71. The number of alkyl halides is 3. The van der Waals surface area contributed by atoms with Crippen LogP contribution in [0.15, 0.2) is 18.2 Å². The second-order valence-electron chi connectivity index (χ2n) is 9.77. The Morgan fingerprint density at radius 1 is 1.03 bits per heavy atom. The van der Waals surface area contributed by atoms with Crippen LogP contribution in [0, 0.1) is 17.5 Å². The number of carboxylic acid groups (broad SMARTS) is 1. The Morgan fingerprint density at radius 2 is 1.66 bits per heavy atom. The molecule has 0 unspecified atom stereocenters. The van der Waals surface area contributed by atoms with Crippen molar-refractivity contribution in [3.63, 3.8) is 0 Å². The summed E-state index contributed by atoms with van der Waals surface area (Å²) in [6, 6.07) is 0.228. The van der Waals surface area contributed by atoms with Crippen LogP contribution in [-0.4, -0.2) is 50.7 Å². The van der Waals surface area contributed by atoms with E-state index in [9.17, 15) is 45.8 Å². The Kier molecular flexibility index (Phi) is 8.03. The number of nitrogens with zero attached hydrogens (tertiary/aromatic N) is 2. The summed E-state index contributed by atoms with van der Waals surface area (Å²) in [5.41, 5.74) is -3.27. The smallest absolute Gasteiger partial charge is 0.431 e. The van der Waals surface area contributed by atoms with Gasteiger partial charge in [-0.15, -0.1) is 0 Å². The second-order valence-corrected chi connectivity index (χ2v) is 9.77. The molecule has 2 amide bonds. The van der Waals surface area contributed by atoms with E-state index in [-0.39, 0.29) is 24.3 Å². The molecule has 208 valence electrons. The molecule has 1 aliphatic heterocycles. The molecule has 0 fully saturated rings. The number of fused-ring (bicyclic) bond motifs is 1. The normalized spacial score (nSPS) is 14.6. The summed E-state index contributed by atoms with van der Waals surface area (Å²) in [6.45, 7) is 3.70. The highest BCUT2D eigenvalue weighted by Gasteiger charge is 2.40. The lowest BCUT2D eigenvalue weighted by atomic mass is 10.0. The predicted molar refractivity (Wildman–Crippen MR) is 120 cm³/mol. The van der Waals surface area contributed by atoms with Gasteiger partial charge in [0.25, 0.3) is 0 Å². The summed E-state index contributed by atoms with van der Waals surface area (Å²) in [5, 5.41) is 11.8. The van der Waals surface area contributed by atoms with Gasteiger partial charge in [0.05, 0.1) is 17.8 Å². The summed E-state index contributed by atoms with van der Waals surface area (Å²) in [4.78, 5) is 38.1. The standard InChI is InChI=1S/C24H25F6N3O5/c1-23(2,3)38-22(37)31-13(6-12-7-16(26)17(27)10-15(12)25)8-20(34)32-4-5-33-18(11-32)14(21(35)36)9-19(33)24(28,29)30/h7,9-10,13H,4-6,8,11H2,1-3H3,(H,31,37)(H,35,36)/t13-/m1/s1. The van der Waals surface area contributed by atoms with Crippen LogP contribution in [-0.2, 0) is 35.2 Å². The van der Waals surface area contributed by atoms with Crippen molar-refractivity contribution in [2.24, 2.45) is 0 Å². The molecule has 0 saturated carbocycles. The quantitative estimate of drug-likeness (QED) is 0.409. The lowest BCUT2D eigenvalue weighted by Crippen LogP contribution is -2.45. The summed E-state index contributed by atoms with van der Waals surface area (Å²) < 4.78 is 87.4. The first kappa shape index (κ1) is 28.9. The number of alkyl carbamates (subject to hydrolysis) is 1. The highest BCUT2D eigenvalue weighted by Crippen LogP contribution is 2.35. The second kappa shape index (κ2) is 10.6. The molecule has 1 aromatic heterocycles. The lowest BCUT2D eigenvalue weighted by molar-refractivity contribution is -0.144. The number of aromatic carboxylic acids is 1. The van der Waals surface area contributed by atoms with Crippen LogP contribution in [0.1, 0.15) is 54.5 Å². The molecular formula is C24H25F6N3O5. The number of nitrogens with one attached hydrogen (secondary N) is 1. The van der Waals surface area contributed by atoms with Gasteiger partial charge in [0.2, 0.25) is 5.91 Å². The van der Waals surface area contributed by atoms with Crippen molar-refractivity contribution >= 4 is 18.0 Å². The first-order valence-corrected chi connectivity index (χ1v) is 11.4. The van der Waals surface area contributed by atoms with Crippen LogP contribution in [0.2, 0.25) is 0 Å². The maximum Gasteiger partial charge on any atom is 0.431 e. The average Bonchev–Trinajstić information content (AvgIpc) is 3.15. The molecule has 0 radical (unpaired) electrons. The molecule has 2 heterocycles.